The van der Waals surface area contributed by atoms with Crippen molar-refractivity contribution in [3.05, 3.63) is 48.2 Å². The van der Waals surface area contributed by atoms with Gasteiger partial charge in [-0.2, -0.15) is 0 Å². The number of phenols is 1. The van der Waals surface area contributed by atoms with Crippen LogP contribution in [0.1, 0.15) is 49.3 Å². The van der Waals surface area contributed by atoms with Crippen LogP contribution in [-0.4, -0.2) is 40.5 Å². The number of hydrogen-bond acceptors (Lipinski definition) is 4. The first kappa shape index (κ1) is 22.1. The summed E-state index contributed by atoms with van der Waals surface area (Å²) in [4.78, 5) is 18.9. The number of phenolic OH excluding ortho intramolecular Hbond substituents is 1. The van der Waals surface area contributed by atoms with E-state index in [0.717, 1.165) is 23.7 Å². The first-order chi connectivity index (χ1) is 14.0. The molecule has 4 N–H and O–H groups in total. The number of amides is 1. The number of aromatic hydroxyl groups is 1. The van der Waals surface area contributed by atoms with Crippen molar-refractivity contribution in [2.45, 2.75) is 57.8 Å². The van der Waals surface area contributed by atoms with E-state index in [2.05, 4.69) is 43.8 Å². The number of rotatable bonds is 8. The maximum absolute atomic E-state index is 11.5. The Hall–Kier alpha value is -2.58. The van der Waals surface area contributed by atoms with Gasteiger partial charge in [-0.1, -0.05) is 20.8 Å². The number of benzene rings is 1. The van der Waals surface area contributed by atoms with Crippen molar-refractivity contribution in [2.24, 2.45) is 5.73 Å². The molecule has 0 saturated carbocycles. The Morgan fingerprint density at radius 2 is 2.10 bits per heavy atom. The Bertz CT molecular complexity index is 1030. The van der Waals surface area contributed by atoms with Gasteiger partial charge < -0.3 is 24.8 Å². The molecule has 0 bridgehead atoms. The number of primary amides is 1. The molecule has 0 aliphatic heterocycles. The van der Waals surface area contributed by atoms with Crippen molar-refractivity contribution in [1.29, 1.82) is 0 Å². The quantitative estimate of drug-likeness (QED) is 0.463. The van der Waals surface area contributed by atoms with Gasteiger partial charge in [-0.15, -0.1) is 0 Å². The predicted octanol–water partition coefficient (Wildman–Crippen LogP) is 4.36. The van der Waals surface area contributed by atoms with Gasteiger partial charge in [-0.3, -0.25) is 4.79 Å². The Kier molecular flexibility index (Phi) is 6.10. The molecule has 0 aliphatic carbocycles. The smallest absolute Gasteiger partial charge is 0.268 e. The highest BCUT2D eigenvalue weighted by atomic mass is 28.4. The summed E-state index contributed by atoms with van der Waals surface area (Å²) < 4.78 is 8.42. The number of carbonyl (C=O) groups excluding carboxylic acids is 1. The number of hydrogen-bond donors (Lipinski definition) is 3. The van der Waals surface area contributed by atoms with Gasteiger partial charge in [-0.25, -0.2) is 4.98 Å². The topological polar surface area (TPSA) is 106 Å². The first-order valence-corrected chi connectivity index (χ1v) is 13.1. The van der Waals surface area contributed by atoms with Crippen LogP contribution in [0.2, 0.25) is 18.1 Å². The number of nitrogens with zero attached hydrogens (tertiary/aromatic N) is 2. The van der Waals surface area contributed by atoms with Crippen LogP contribution in [0.25, 0.3) is 10.9 Å². The van der Waals surface area contributed by atoms with E-state index in [1.807, 2.05) is 16.8 Å². The summed E-state index contributed by atoms with van der Waals surface area (Å²) >= 11 is 0. The second-order valence-electron chi connectivity index (χ2n) is 9.38. The van der Waals surface area contributed by atoms with E-state index < -0.39 is 14.2 Å². The number of H-pyrrole nitrogens is 1. The largest absolute Gasteiger partial charge is 0.508 e. The van der Waals surface area contributed by atoms with Crippen molar-refractivity contribution in [3.63, 3.8) is 0 Å². The van der Waals surface area contributed by atoms with E-state index in [9.17, 15) is 9.90 Å². The number of imidazole rings is 1. The van der Waals surface area contributed by atoms with Crippen LogP contribution >= 0.6 is 0 Å². The van der Waals surface area contributed by atoms with Crippen LogP contribution in [0.15, 0.2) is 36.9 Å². The Morgan fingerprint density at radius 3 is 2.73 bits per heavy atom. The van der Waals surface area contributed by atoms with Crippen LogP contribution in [0.5, 0.6) is 5.75 Å². The predicted molar refractivity (Wildman–Crippen MR) is 121 cm³/mol. The third-order valence-corrected chi connectivity index (χ3v) is 10.7. The van der Waals surface area contributed by atoms with E-state index in [4.69, 9.17) is 10.2 Å². The normalized spacial score (nSPS) is 13.6. The molecule has 0 spiro atoms. The summed E-state index contributed by atoms with van der Waals surface area (Å²) in [7, 11) is -1.92. The lowest BCUT2D eigenvalue weighted by Gasteiger charge is -2.37. The van der Waals surface area contributed by atoms with Gasteiger partial charge in [0.2, 0.25) is 0 Å². The molecular weight excluding hydrogens is 396 g/mol. The van der Waals surface area contributed by atoms with Crippen LogP contribution < -0.4 is 5.73 Å². The van der Waals surface area contributed by atoms with E-state index in [0.29, 0.717) is 6.61 Å². The maximum atomic E-state index is 11.5. The van der Waals surface area contributed by atoms with Gasteiger partial charge in [0.25, 0.3) is 5.91 Å². The molecule has 1 amide bonds. The maximum Gasteiger partial charge on any atom is 0.268 e. The lowest BCUT2D eigenvalue weighted by molar-refractivity contribution is 0.0995. The van der Waals surface area contributed by atoms with Crippen molar-refractivity contribution < 1.29 is 14.3 Å². The number of nitrogens with one attached hydrogen (secondary N) is 1. The van der Waals surface area contributed by atoms with Crippen molar-refractivity contribution in [1.82, 2.24) is 14.5 Å². The van der Waals surface area contributed by atoms with Gasteiger partial charge >= 0.3 is 0 Å². The standard InChI is InChI=1S/C22H32N4O3Si/c1-22(2,3)30(4,5)29-13-16(26-12-20(21(23)28)25-14-26)7-6-15-11-24-19-10-17(27)8-9-18(15)19/h8-12,14,16,24,27H,6-7,13H2,1-5H3,(H2,23,28)/t16-/m1/s1. The third-order valence-electron chi connectivity index (χ3n) is 6.22. The van der Waals surface area contributed by atoms with Gasteiger partial charge in [0, 0.05) is 29.4 Å². The molecule has 3 rings (SSSR count). The zero-order chi connectivity index (χ0) is 22.1. The van der Waals surface area contributed by atoms with Crippen LogP contribution in [0.3, 0.4) is 0 Å². The van der Waals surface area contributed by atoms with Gasteiger partial charge in [0.1, 0.15) is 11.4 Å². The minimum Gasteiger partial charge on any atom is -0.508 e. The monoisotopic (exact) mass is 428 g/mol. The summed E-state index contributed by atoms with van der Waals surface area (Å²) in [6, 6.07) is 5.39. The van der Waals surface area contributed by atoms with E-state index in [1.165, 1.54) is 5.56 Å². The highest BCUT2D eigenvalue weighted by molar-refractivity contribution is 6.74. The van der Waals surface area contributed by atoms with Crippen LogP contribution in [-0.2, 0) is 10.8 Å². The van der Waals surface area contributed by atoms with E-state index in [-0.39, 0.29) is 22.5 Å². The number of aromatic amines is 1. The fourth-order valence-electron chi connectivity index (χ4n) is 3.21. The minimum absolute atomic E-state index is 0.0294. The molecule has 30 heavy (non-hydrogen) atoms. The molecular formula is C22H32N4O3Si. The zero-order valence-electron chi connectivity index (χ0n) is 18.4. The van der Waals surface area contributed by atoms with Crippen LogP contribution in [0, 0.1) is 0 Å². The molecule has 0 saturated heterocycles. The number of nitrogens with two attached hydrogens (primary N) is 1. The molecule has 0 fully saturated rings. The Balaban J connectivity index is 1.80. The average molecular weight is 429 g/mol. The molecule has 8 heteroatoms. The van der Waals surface area contributed by atoms with Crippen molar-refractivity contribution in [3.8, 4) is 5.75 Å². The lowest BCUT2D eigenvalue weighted by Crippen LogP contribution is -2.42. The number of carbonyl (C=O) groups is 1. The fourth-order valence-corrected chi connectivity index (χ4v) is 4.25. The average Bonchev–Trinajstić information content (AvgIpc) is 3.28. The Morgan fingerprint density at radius 1 is 1.37 bits per heavy atom. The molecule has 2 heterocycles. The number of fused-ring (bicyclic) bond motifs is 1. The summed E-state index contributed by atoms with van der Waals surface area (Å²) in [6.45, 7) is 11.7. The number of aromatic nitrogens is 3. The van der Waals surface area contributed by atoms with E-state index in [1.54, 1.807) is 24.7 Å². The Labute approximate surface area is 178 Å². The second-order valence-corrected chi connectivity index (χ2v) is 14.2. The molecule has 2 aromatic heterocycles. The molecule has 1 atom stereocenters. The summed E-state index contributed by atoms with van der Waals surface area (Å²) in [5.41, 5.74) is 7.74. The van der Waals surface area contributed by atoms with E-state index >= 15 is 0 Å². The summed E-state index contributed by atoms with van der Waals surface area (Å²) in [6.07, 6.45) is 6.98. The van der Waals surface area contributed by atoms with Gasteiger partial charge in [0.15, 0.2) is 8.32 Å². The molecule has 3 aromatic rings. The molecule has 7 nitrogen and oxygen atoms in total. The lowest BCUT2D eigenvalue weighted by atomic mass is 10.0. The van der Waals surface area contributed by atoms with Gasteiger partial charge in [0.05, 0.1) is 19.0 Å². The molecule has 0 radical (unpaired) electrons. The number of aryl methyl sites for hydroxylation is 1. The van der Waals surface area contributed by atoms with Crippen LogP contribution in [0.4, 0.5) is 0 Å². The molecule has 1 aromatic carbocycles. The molecule has 162 valence electrons. The summed E-state index contributed by atoms with van der Waals surface area (Å²) in [5, 5.41) is 10.9. The minimum atomic E-state index is -1.92. The highest BCUT2D eigenvalue weighted by Crippen LogP contribution is 2.37. The van der Waals surface area contributed by atoms with Crippen molar-refractivity contribution in [2.75, 3.05) is 6.61 Å². The molecule has 0 unspecified atom stereocenters. The SMILES string of the molecule is CC(C)(C)[Si](C)(C)OC[C@@H](CCc1c[nH]c2cc(O)ccc12)n1cnc(C(N)=O)c1. The van der Waals surface area contributed by atoms with Crippen molar-refractivity contribution >= 4 is 25.1 Å². The third kappa shape index (κ3) is 4.76. The highest BCUT2D eigenvalue weighted by Gasteiger charge is 2.37. The second kappa shape index (κ2) is 8.27. The molecule has 0 aliphatic rings. The first-order valence-electron chi connectivity index (χ1n) is 10.2. The van der Waals surface area contributed by atoms with Gasteiger partial charge in [-0.05, 0) is 48.7 Å². The fraction of sp³-hybridized carbons (Fsp3) is 0.455. The summed E-state index contributed by atoms with van der Waals surface area (Å²) in [5.74, 6) is -0.289. The zero-order valence-corrected chi connectivity index (χ0v) is 19.4.